The second-order valence-corrected chi connectivity index (χ2v) is 7.36. The van der Waals surface area contributed by atoms with Gasteiger partial charge in [-0.3, -0.25) is 9.36 Å². The molecule has 108 valence electrons. The lowest BCUT2D eigenvalue weighted by molar-refractivity contribution is 0.454. The topological polar surface area (TPSA) is 81.4 Å². The molecule has 1 aromatic heterocycles. The van der Waals surface area contributed by atoms with Gasteiger partial charge in [-0.05, 0) is 13.8 Å². The molecule has 1 rings (SSSR count). The molecule has 0 fully saturated rings. The Balaban J connectivity index is 3.23. The molecule has 1 heterocycles. The molecule has 0 bridgehead atoms. The highest BCUT2D eigenvalue weighted by atomic mass is 32.2. The van der Waals surface area contributed by atoms with Gasteiger partial charge in [-0.1, -0.05) is 0 Å². The van der Waals surface area contributed by atoms with Crippen LogP contribution in [0.25, 0.3) is 0 Å². The summed E-state index contributed by atoms with van der Waals surface area (Å²) in [5.41, 5.74) is -0.659. The lowest BCUT2D eigenvalue weighted by atomic mass is 10.3. The third-order valence-electron chi connectivity index (χ3n) is 2.94. The van der Waals surface area contributed by atoms with Crippen LogP contribution < -0.4 is 11.2 Å². The summed E-state index contributed by atoms with van der Waals surface area (Å²) in [4.78, 5) is 23.4. The number of hydrogen-bond donors (Lipinski definition) is 0. The van der Waals surface area contributed by atoms with Crippen molar-refractivity contribution in [2.45, 2.75) is 25.6 Å². The summed E-state index contributed by atoms with van der Waals surface area (Å²) in [5.74, 6) is 0. The van der Waals surface area contributed by atoms with Crippen molar-refractivity contribution in [3.63, 3.8) is 0 Å². The van der Waals surface area contributed by atoms with Crippen molar-refractivity contribution >= 4 is 10.0 Å². The van der Waals surface area contributed by atoms with Gasteiger partial charge in [0.2, 0.25) is 10.0 Å². The van der Waals surface area contributed by atoms with Crippen molar-refractivity contribution in [3.8, 4) is 0 Å². The molecule has 0 saturated heterocycles. The number of sulfonamides is 1. The Morgan fingerprint density at radius 3 is 2.26 bits per heavy atom. The van der Waals surface area contributed by atoms with Crippen LogP contribution in [-0.2, 0) is 30.7 Å². The fourth-order valence-electron chi connectivity index (χ4n) is 1.68. The Bertz CT molecular complexity index is 685. The Morgan fingerprint density at radius 2 is 1.79 bits per heavy atom. The summed E-state index contributed by atoms with van der Waals surface area (Å²) in [6, 6.07) is 0. The molecule has 0 saturated carbocycles. The predicted molar refractivity (Wildman–Crippen MR) is 72.4 cm³/mol. The zero-order valence-corrected chi connectivity index (χ0v) is 12.6. The van der Waals surface area contributed by atoms with E-state index in [0.29, 0.717) is 0 Å². The molecule has 0 aliphatic heterocycles. The fraction of sp³-hybridized carbons (Fsp3) is 0.636. The molecule has 0 amide bonds. The maximum absolute atomic E-state index is 11.9. The van der Waals surface area contributed by atoms with E-state index in [1.54, 1.807) is 13.8 Å². The highest BCUT2D eigenvalue weighted by molar-refractivity contribution is 7.89. The molecule has 19 heavy (non-hydrogen) atoms. The van der Waals surface area contributed by atoms with E-state index in [1.807, 2.05) is 0 Å². The lowest BCUT2D eigenvalue weighted by Gasteiger charge is -2.19. The minimum Gasteiger partial charge on any atom is -0.303 e. The number of rotatable bonds is 4. The van der Waals surface area contributed by atoms with Gasteiger partial charge in [0, 0.05) is 39.4 Å². The van der Waals surface area contributed by atoms with E-state index in [0.717, 1.165) is 8.87 Å². The van der Waals surface area contributed by atoms with E-state index in [4.69, 9.17) is 0 Å². The second-order valence-electron chi connectivity index (χ2n) is 4.76. The standard InChI is InChI=1S/C11H19N3O4S/c1-8(2)19(17,18)13(4)7-9-6-12(3)11(16)14(5)10(9)15/h6,8H,7H2,1-5H3. The van der Waals surface area contributed by atoms with E-state index < -0.39 is 26.5 Å². The van der Waals surface area contributed by atoms with Gasteiger partial charge < -0.3 is 4.57 Å². The van der Waals surface area contributed by atoms with Crippen LogP contribution in [-0.4, -0.2) is 34.2 Å². The molecule has 0 aromatic carbocycles. The Hall–Kier alpha value is -1.41. The van der Waals surface area contributed by atoms with Gasteiger partial charge >= 0.3 is 5.69 Å². The van der Waals surface area contributed by atoms with Gasteiger partial charge in [-0.25, -0.2) is 17.5 Å². The van der Waals surface area contributed by atoms with Crippen molar-refractivity contribution in [1.29, 1.82) is 0 Å². The average molecular weight is 289 g/mol. The first-order valence-corrected chi connectivity index (χ1v) is 7.30. The SMILES string of the molecule is CC(C)S(=O)(=O)N(C)Cc1cn(C)c(=O)n(C)c1=O. The molecule has 0 unspecified atom stereocenters. The Kier molecular flexibility index (Phi) is 4.36. The third-order valence-corrected chi connectivity index (χ3v) is 5.13. The van der Waals surface area contributed by atoms with Gasteiger partial charge in [0.05, 0.1) is 5.25 Å². The van der Waals surface area contributed by atoms with E-state index in [9.17, 15) is 18.0 Å². The zero-order valence-electron chi connectivity index (χ0n) is 11.7. The molecular formula is C11H19N3O4S. The first-order valence-electron chi connectivity index (χ1n) is 5.79. The van der Waals surface area contributed by atoms with E-state index >= 15 is 0 Å². The van der Waals surface area contributed by atoms with E-state index in [2.05, 4.69) is 0 Å². The number of hydrogen-bond acceptors (Lipinski definition) is 4. The van der Waals surface area contributed by atoms with Crippen LogP contribution in [0.1, 0.15) is 19.4 Å². The predicted octanol–water partition coefficient (Wildman–Crippen LogP) is -0.746. The van der Waals surface area contributed by atoms with Crippen molar-refractivity contribution in [2.24, 2.45) is 14.1 Å². The molecule has 7 nitrogen and oxygen atoms in total. The van der Waals surface area contributed by atoms with Crippen molar-refractivity contribution in [3.05, 3.63) is 32.6 Å². The van der Waals surface area contributed by atoms with Gasteiger partial charge in [0.15, 0.2) is 0 Å². The van der Waals surface area contributed by atoms with Crippen LogP contribution in [0.15, 0.2) is 15.8 Å². The monoisotopic (exact) mass is 289 g/mol. The maximum atomic E-state index is 11.9. The molecule has 0 atom stereocenters. The smallest absolute Gasteiger partial charge is 0.303 e. The normalized spacial score (nSPS) is 12.4. The third kappa shape index (κ3) is 2.95. The zero-order chi connectivity index (χ0) is 15.0. The van der Waals surface area contributed by atoms with Crippen LogP contribution in [0.3, 0.4) is 0 Å². The Morgan fingerprint density at radius 1 is 1.26 bits per heavy atom. The van der Waals surface area contributed by atoms with Crippen LogP contribution in [0.2, 0.25) is 0 Å². The quantitative estimate of drug-likeness (QED) is 0.730. The highest BCUT2D eigenvalue weighted by Gasteiger charge is 2.23. The summed E-state index contributed by atoms with van der Waals surface area (Å²) in [6.45, 7) is 3.09. The summed E-state index contributed by atoms with van der Waals surface area (Å²) in [5, 5.41) is -0.561. The maximum Gasteiger partial charge on any atom is 0.330 e. The van der Waals surface area contributed by atoms with Crippen molar-refractivity contribution < 1.29 is 8.42 Å². The Labute approximate surface area is 112 Å². The van der Waals surface area contributed by atoms with Crippen molar-refractivity contribution in [1.82, 2.24) is 13.4 Å². The molecule has 1 aromatic rings. The number of aromatic nitrogens is 2. The van der Waals surface area contributed by atoms with Crippen LogP contribution >= 0.6 is 0 Å². The first kappa shape index (κ1) is 15.6. The van der Waals surface area contributed by atoms with Crippen LogP contribution in [0.4, 0.5) is 0 Å². The highest BCUT2D eigenvalue weighted by Crippen LogP contribution is 2.08. The number of aryl methyl sites for hydroxylation is 1. The lowest BCUT2D eigenvalue weighted by Crippen LogP contribution is -2.41. The van der Waals surface area contributed by atoms with Crippen molar-refractivity contribution in [2.75, 3.05) is 7.05 Å². The summed E-state index contributed by atoms with van der Waals surface area (Å²) in [7, 11) is 0.869. The van der Waals surface area contributed by atoms with Gasteiger partial charge in [-0.15, -0.1) is 0 Å². The molecule has 0 aliphatic carbocycles. The minimum atomic E-state index is -3.43. The molecule has 0 aliphatic rings. The first-order chi connectivity index (χ1) is 8.59. The summed E-state index contributed by atoms with van der Waals surface area (Å²) in [6.07, 6.45) is 1.37. The van der Waals surface area contributed by atoms with E-state index in [1.165, 1.54) is 31.9 Å². The van der Waals surface area contributed by atoms with Gasteiger partial charge in [0.25, 0.3) is 5.56 Å². The molecule has 0 N–H and O–H groups in total. The second kappa shape index (κ2) is 5.30. The largest absolute Gasteiger partial charge is 0.330 e. The van der Waals surface area contributed by atoms with Gasteiger partial charge in [0.1, 0.15) is 0 Å². The average Bonchev–Trinajstić information content (AvgIpc) is 2.32. The fourth-order valence-corrected chi connectivity index (χ4v) is 2.72. The molecule has 8 heteroatoms. The van der Waals surface area contributed by atoms with Crippen LogP contribution in [0, 0.1) is 0 Å². The van der Waals surface area contributed by atoms with E-state index in [-0.39, 0.29) is 12.1 Å². The van der Waals surface area contributed by atoms with Gasteiger partial charge in [-0.2, -0.15) is 0 Å². The summed E-state index contributed by atoms with van der Waals surface area (Å²) >= 11 is 0. The minimum absolute atomic E-state index is 0.0543. The molecular weight excluding hydrogens is 270 g/mol. The molecule has 0 spiro atoms. The van der Waals surface area contributed by atoms with Crippen LogP contribution in [0.5, 0.6) is 0 Å². The summed E-state index contributed by atoms with van der Waals surface area (Å²) < 4.78 is 27.2. The number of nitrogens with zero attached hydrogens (tertiary/aromatic N) is 3. The molecule has 0 radical (unpaired) electrons.